The Morgan fingerprint density at radius 3 is 2.71 bits per heavy atom. The lowest BCUT2D eigenvalue weighted by molar-refractivity contribution is -0.00834. The number of aryl methyl sites for hydroxylation is 1. The quantitative estimate of drug-likeness (QED) is 0.586. The van der Waals surface area contributed by atoms with Gasteiger partial charge in [0.05, 0.1) is 13.2 Å². The van der Waals surface area contributed by atoms with Gasteiger partial charge in [0, 0.05) is 42.7 Å². The number of nitrogens with zero attached hydrogens (tertiary/aromatic N) is 2. The van der Waals surface area contributed by atoms with Crippen LogP contribution in [0.3, 0.4) is 0 Å². The summed E-state index contributed by atoms with van der Waals surface area (Å²) >= 11 is 0. The number of hydrogen-bond donors (Lipinski definition) is 2. The summed E-state index contributed by atoms with van der Waals surface area (Å²) in [6.45, 7) is 13.8. The average molecular weight is 391 g/mol. The first-order valence-corrected chi connectivity index (χ1v) is 9.93. The summed E-state index contributed by atoms with van der Waals surface area (Å²) in [6, 6.07) is 4.59. The van der Waals surface area contributed by atoms with Crippen LogP contribution in [0.5, 0.6) is 0 Å². The molecule has 1 aliphatic rings. The van der Waals surface area contributed by atoms with Crippen LogP contribution in [0.25, 0.3) is 11.0 Å². The van der Waals surface area contributed by atoms with Crippen molar-refractivity contribution in [1.82, 2.24) is 15.5 Å². The highest BCUT2D eigenvalue weighted by Crippen LogP contribution is 2.26. The smallest absolute Gasteiger partial charge is 0.191 e. The molecule has 0 radical (unpaired) electrons. The van der Waals surface area contributed by atoms with E-state index >= 15 is 0 Å². The molecule has 2 N–H and O–H groups in total. The molecule has 1 fully saturated rings. The molecule has 7 heteroatoms. The third-order valence-electron chi connectivity index (χ3n) is 5.28. The van der Waals surface area contributed by atoms with Crippen molar-refractivity contribution in [3.05, 3.63) is 35.3 Å². The molecule has 2 aromatic rings. The topological polar surface area (TPSA) is 62.0 Å². The average Bonchev–Trinajstić information content (AvgIpc) is 3.00. The third-order valence-corrected chi connectivity index (χ3v) is 5.28. The maximum absolute atomic E-state index is 13.5. The van der Waals surface area contributed by atoms with Crippen molar-refractivity contribution in [2.24, 2.45) is 4.99 Å². The van der Waals surface area contributed by atoms with E-state index in [9.17, 15) is 4.39 Å². The van der Waals surface area contributed by atoms with Gasteiger partial charge in [0.2, 0.25) is 0 Å². The van der Waals surface area contributed by atoms with Gasteiger partial charge in [-0.2, -0.15) is 0 Å². The van der Waals surface area contributed by atoms with E-state index in [4.69, 9.17) is 9.15 Å². The molecular weight excluding hydrogens is 359 g/mol. The van der Waals surface area contributed by atoms with Gasteiger partial charge in [0.15, 0.2) is 5.96 Å². The number of ether oxygens (including phenoxy) is 1. The van der Waals surface area contributed by atoms with Crippen LogP contribution in [-0.4, -0.2) is 55.8 Å². The summed E-state index contributed by atoms with van der Waals surface area (Å²) in [5.74, 6) is 1.24. The van der Waals surface area contributed by atoms with Crippen LogP contribution < -0.4 is 10.6 Å². The SMILES string of the molecule is CCNC(=NCc1oc2ccc(F)cc2c1C)NCC(C)(C)N1CCOCC1. The van der Waals surface area contributed by atoms with Crippen molar-refractivity contribution in [1.29, 1.82) is 0 Å². The fraction of sp³-hybridized carbons (Fsp3) is 0.571. The van der Waals surface area contributed by atoms with Gasteiger partial charge in [-0.3, -0.25) is 4.90 Å². The Labute approximate surface area is 166 Å². The first-order valence-electron chi connectivity index (χ1n) is 9.93. The van der Waals surface area contributed by atoms with E-state index in [0.29, 0.717) is 12.1 Å². The van der Waals surface area contributed by atoms with Crippen molar-refractivity contribution < 1.29 is 13.5 Å². The zero-order valence-electron chi connectivity index (χ0n) is 17.3. The van der Waals surface area contributed by atoms with Gasteiger partial charge in [0.25, 0.3) is 0 Å². The van der Waals surface area contributed by atoms with Crippen molar-refractivity contribution in [2.45, 2.75) is 39.8 Å². The molecule has 0 atom stereocenters. The number of aliphatic imine (C=N–C) groups is 1. The summed E-state index contributed by atoms with van der Waals surface area (Å²) in [5.41, 5.74) is 1.62. The maximum Gasteiger partial charge on any atom is 0.191 e. The van der Waals surface area contributed by atoms with Crippen LogP contribution in [0.15, 0.2) is 27.6 Å². The summed E-state index contributed by atoms with van der Waals surface area (Å²) in [7, 11) is 0. The van der Waals surface area contributed by atoms with Gasteiger partial charge in [-0.15, -0.1) is 0 Å². The first-order chi connectivity index (χ1) is 13.4. The van der Waals surface area contributed by atoms with Gasteiger partial charge in [-0.25, -0.2) is 9.38 Å². The molecule has 0 amide bonds. The largest absolute Gasteiger partial charge is 0.459 e. The molecule has 0 unspecified atom stereocenters. The maximum atomic E-state index is 13.5. The van der Waals surface area contributed by atoms with Crippen molar-refractivity contribution in [3.63, 3.8) is 0 Å². The second-order valence-corrected chi connectivity index (χ2v) is 7.75. The van der Waals surface area contributed by atoms with Crippen LogP contribution in [-0.2, 0) is 11.3 Å². The van der Waals surface area contributed by atoms with E-state index < -0.39 is 0 Å². The second kappa shape index (κ2) is 8.92. The van der Waals surface area contributed by atoms with E-state index in [0.717, 1.165) is 62.1 Å². The van der Waals surface area contributed by atoms with Gasteiger partial charge < -0.3 is 19.8 Å². The van der Waals surface area contributed by atoms with Crippen molar-refractivity contribution in [3.8, 4) is 0 Å². The number of nitrogens with one attached hydrogen (secondary N) is 2. The van der Waals surface area contributed by atoms with E-state index in [1.165, 1.54) is 12.1 Å². The van der Waals surface area contributed by atoms with E-state index in [2.05, 4.69) is 34.4 Å². The van der Waals surface area contributed by atoms with Crippen molar-refractivity contribution >= 4 is 16.9 Å². The summed E-state index contributed by atoms with van der Waals surface area (Å²) in [6.07, 6.45) is 0. The van der Waals surface area contributed by atoms with Crippen LogP contribution in [0.2, 0.25) is 0 Å². The summed E-state index contributed by atoms with van der Waals surface area (Å²) in [4.78, 5) is 7.11. The predicted octanol–water partition coefficient (Wildman–Crippen LogP) is 3.05. The Hall–Kier alpha value is -2.12. The van der Waals surface area contributed by atoms with Crippen LogP contribution in [0.4, 0.5) is 4.39 Å². The number of rotatable bonds is 6. The van der Waals surface area contributed by atoms with Crippen LogP contribution >= 0.6 is 0 Å². The van der Waals surface area contributed by atoms with E-state index in [-0.39, 0.29) is 11.4 Å². The second-order valence-electron chi connectivity index (χ2n) is 7.75. The monoisotopic (exact) mass is 390 g/mol. The van der Waals surface area contributed by atoms with E-state index in [1.54, 1.807) is 6.07 Å². The molecule has 0 bridgehead atoms. The summed E-state index contributed by atoms with van der Waals surface area (Å²) in [5, 5.41) is 7.53. The lowest BCUT2D eigenvalue weighted by Crippen LogP contribution is -2.56. The summed E-state index contributed by atoms with van der Waals surface area (Å²) < 4.78 is 24.8. The van der Waals surface area contributed by atoms with Gasteiger partial charge >= 0.3 is 0 Å². The predicted molar refractivity (Wildman–Crippen MR) is 110 cm³/mol. The first kappa shape index (κ1) is 20.6. The molecule has 28 heavy (non-hydrogen) atoms. The molecule has 0 aliphatic carbocycles. The molecule has 3 rings (SSSR count). The zero-order chi connectivity index (χ0) is 20.1. The minimum absolute atomic E-state index is 0.00717. The minimum atomic E-state index is -0.258. The van der Waals surface area contributed by atoms with E-state index in [1.807, 2.05) is 13.8 Å². The number of furan rings is 1. The standard InChI is InChI=1S/C21H31FN4O2/c1-5-23-20(25-14-21(3,4)26-8-10-27-11-9-26)24-13-19-15(2)17-12-16(22)6-7-18(17)28-19/h6-7,12H,5,8-11,13-14H2,1-4H3,(H2,23,24,25). The van der Waals surface area contributed by atoms with Crippen LogP contribution in [0.1, 0.15) is 32.1 Å². The van der Waals surface area contributed by atoms with Gasteiger partial charge in [0.1, 0.15) is 23.7 Å². The lowest BCUT2D eigenvalue weighted by Gasteiger charge is -2.41. The molecule has 0 saturated carbocycles. The fourth-order valence-corrected chi connectivity index (χ4v) is 3.47. The Kier molecular flexibility index (Phi) is 6.57. The molecule has 6 nitrogen and oxygen atoms in total. The number of fused-ring (bicyclic) bond motifs is 1. The fourth-order valence-electron chi connectivity index (χ4n) is 3.47. The van der Waals surface area contributed by atoms with Crippen molar-refractivity contribution in [2.75, 3.05) is 39.4 Å². The molecule has 2 heterocycles. The highest BCUT2D eigenvalue weighted by Gasteiger charge is 2.28. The van der Waals surface area contributed by atoms with Crippen LogP contribution in [0, 0.1) is 12.7 Å². The number of guanidine groups is 1. The third kappa shape index (κ3) is 4.83. The lowest BCUT2D eigenvalue weighted by atomic mass is 10.0. The number of morpholine rings is 1. The Balaban J connectivity index is 1.68. The molecule has 1 aromatic heterocycles. The number of benzene rings is 1. The molecular formula is C21H31FN4O2. The Morgan fingerprint density at radius 1 is 1.25 bits per heavy atom. The molecule has 0 spiro atoms. The molecule has 1 aromatic carbocycles. The number of hydrogen-bond acceptors (Lipinski definition) is 4. The molecule has 154 valence electrons. The van der Waals surface area contributed by atoms with Gasteiger partial charge in [-0.1, -0.05) is 0 Å². The minimum Gasteiger partial charge on any atom is -0.459 e. The Bertz CT molecular complexity index is 825. The highest BCUT2D eigenvalue weighted by molar-refractivity contribution is 5.82. The Morgan fingerprint density at radius 2 is 2.00 bits per heavy atom. The molecule has 1 saturated heterocycles. The normalized spacial score (nSPS) is 16.5. The molecule has 1 aliphatic heterocycles. The highest BCUT2D eigenvalue weighted by atomic mass is 19.1. The van der Waals surface area contributed by atoms with Gasteiger partial charge in [-0.05, 0) is 45.9 Å². The zero-order valence-corrected chi connectivity index (χ0v) is 17.3. The number of halogens is 1.